The van der Waals surface area contributed by atoms with E-state index < -0.39 is 13.8 Å². The van der Waals surface area contributed by atoms with E-state index in [9.17, 15) is 9.36 Å². The van der Waals surface area contributed by atoms with Gasteiger partial charge in [-0.15, -0.1) is 0 Å². The van der Waals surface area contributed by atoms with Gasteiger partial charge in [-0.05, 0) is 18.1 Å². The van der Waals surface area contributed by atoms with Gasteiger partial charge in [0.1, 0.15) is 5.75 Å². The smallest absolute Gasteiger partial charge is 0.402 e. The largest absolute Gasteiger partial charge is 0.566 e. The summed E-state index contributed by atoms with van der Waals surface area (Å²) in [5, 5.41) is 0. The second-order valence-electron chi connectivity index (χ2n) is 3.36. The SMILES string of the molecule is C=CC(=O)OOP(=O)(OC)Oc1ccccc1CC. The maximum absolute atomic E-state index is 12.1. The first kappa shape index (κ1) is 15.4. The van der Waals surface area contributed by atoms with Crippen LogP contribution in [0.25, 0.3) is 0 Å². The quantitative estimate of drug-likeness (QED) is 0.332. The normalized spacial score (nSPS) is 13.4. The molecule has 0 fully saturated rings. The summed E-state index contributed by atoms with van der Waals surface area (Å²) in [6.45, 7) is 5.09. The molecule has 6 nitrogen and oxygen atoms in total. The molecule has 1 rings (SSSR count). The Balaban J connectivity index is 2.82. The van der Waals surface area contributed by atoms with Gasteiger partial charge in [0, 0.05) is 13.2 Å². The average Bonchev–Trinajstić information content (AvgIpc) is 2.45. The van der Waals surface area contributed by atoms with Gasteiger partial charge in [0.15, 0.2) is 0 Å². The first-order chi connectivity index (χ1) is 9.04. The predicted octanol–water partition coefficient (Wildman–Crippen LogP) is 3.04. The molecular weight excluding hydrogens is 271 g/mol. The molecule has 0 radical (unpaired) electrons. The van der Waals surface area contributed by atoms with Crippen molar-refractivity contribution >= 4 is 13.8 Å². The van der Waals surface area contributed by atoms with Gasteiger partial charge in [-0.3, -0.25) is 9.41 Å². The van der Waals surface area contributed by atoms with Crippen LogP contribution in [0.15, 0.2) is 36.9 Å². The van der Waals surface area contributed by atoms with E-state index in [2.05, 4.69) is 20.7 Å². The number of carbonyl (C=O) groups excluding carboxylic acids is 1. The van der Waals surface area contributed by atoms with Crippen LogP contribution in [0.4, 0.5) is 0 Å². The molecule has 0 aliphatic rings. The van der Waals surface area contributed by atoms with Crippen LogP contribution in [-0.2, 0) is 29.9 Å². The Bertz CT molecular complexity index is 499. The Morgan fingerprint density at radius 3 is 2.68 bits per heavy atom. The highest BCUT2D eigenvalue weighted by Gasteiger charge is 2.31. The van der Waals surface area contributed by atoms with E-state index in [0.717, 1.165) is 18.7 Å². The monoisotopic (exact) mass is 286 g/mol. The van der Waals surface area contributed by atoms with E-state index in [4.69, 9.17) is 4.52 Å². The van der Waals surface area contributed by atoms with Crippen LogP contribution in [0.1, 0.15) is 12.5 Å². The van der Waals surface area contributed by atoms with Crippen molar-refractivity contribution in [3.8, 4) is 5.75 Å². The standard InChI is InChI=1S/C12H15O6P/c1-4-10-8-6-7-9-11(10)17-19(14,15-3)18-16-12(13)5-2/h5-9H,2,4H2,1,3H3. The lowest BCUT2D eigenvalue weighted by Gasteiger charge is -2.16. The Morgan fingerprint density at radius 1 is 1.42 bits per heavy atom. The zero-order valence-electron chi connectivity index (χ0n) is 10.7. The van der Waals surface area contributed by atoms with Crippen molar-refractivity contribution < 1.29 is 28.0 Å². The summed E-state index contributed by atoms with van der Waals surface area (Å²) in [5.74, 6) is -0.561. The number of benzene rings is 1. The Morgan fingerprint density at radius 2 is 2.11 bits per heavy atom. The molecule has 0 aliphatic carbocycles. The highest BCUT2D eigenvalue weighted by Crippen LogP contribution is 2.49. The second kappa shape index (κ2) is 7.09. The van der Waals surface area contributed by atoms with Gasteiger partial charge in [-0.2, -0.15) is 0 Å². The lowest BCUT2D eigenvalue weighted by atomic mass is 10.1. The molecule has 0 N–H and O–H groups in total. The molecule has 0 amide bonds. The van der Waals surface area contributed by atoms with Gasteiger partial charge in [-0.25, -0.2) is 9.36 Å². The van der Waals surface area contributed by atoms with Gasteiger partial charge in [0.25, 0.3) is 0 Å². The van der Waals surface area contributed by atoms with Gasteiger partial charge in [0.05, 0.1) is 0 Å². The summed E-state index contributed by atoms with van der Waals surface area (Å²) < 4.78 is 26.3. The maximum atomic E-state index is 12.1. The topological polar surface area (TPSA) is 71.1 Å². The second-order valence-corrected chi connectivity index (χ2v) is 4.95. The van der Waals surface area contributed by atoms with Gasteiger partial charge >= 0.3 is 13.8 Å². The maximum Gasteiger partial charge on any atom is 0.566 e. The van der Waals surface area contributed by atoms with Crippen molar-refractivity contribution in [3.05, 3.63) is 42.5 Å². The first-order valence-electron chi connectivity index (χ1n) is 5.50. The molecule has 0 heterocycles. The number of hydrogen-bond acceptors (Lipinski definition) is 6. The third kappa shape index (κ3) is 4.52. The third-order valence-electron chi connectivity index (χ3n) is 2.16. The van der Waals surface area contributed by atoms with Crippen molar-refractivity contribution in [1.29, 1.82) is 0 Å². The average molecular weight is 286 g/mol. The van der Waals surface area contributed by atoms with Crippen LogP contribution >= 0.6 is 7.82 Å². The number of para-hydroxylation sites is 1. The molecular formula is C12H15O6P. The summed E-state index contributed by atoms with van der Waals surface area (Å²) in [6, 6.07) is 6.96. The van der Waals surface area contributed by atoms with E-state index in [1.54, 1.807) is 12.1 Å². The molecule has 0 aromatic heterocycles. The fourth-order valence-electron chi connectivity index (χ4n) is 1.20. The first-order valence-corrected chi connectivity index (χ1v) is 6.96. The fraction of sp³-hybridized carbons (Fsp3) is 0.250. The minimum absolute atomic E-state index is 0.338. The van der Waals surface area contributed by atoms with Crippen molar-refractivity contribution in [3.63, 3.8) is 0 Å². The minimum atomic E-state index is -4.02. The van der Waals surface area contributed by atoms with Crippen LogP contribution in [0, 0.1) is 0 Å². The van der Waals surface area contributed by atoms with Gasteiger partial charge in [-0.1, -0.05) is 36.4 Å². The molecule has 0 saturated carbocycles. The number of phosphoric ester groups is 1. The molecule has 1 aromatic carbocycles. The highest BCUT2D eigenvalue weighted by atomic mass is 31.2. The number of carbonyl (C=O) groups is 1. The van der Waals surface area contributed by atoms with E-state index in [1.807, 2.05) is 19.1 Å². The molecule has 0 spiro atoms. The number of phosphoric acid groups is 1. The van der Waals surface area contributed by atoms with E-state index in [-0.39, 0.29) is 0 Å². The van der Waals surface area contributed by atoms with E-state index >= 15 is 0 Å². The highest BCUT2D eigenvalue weighted by molar-refractivity contribution is 7.48. The van der Waals surface area contributed by atoms with Crippen molar-refractivity contribution in [2.45, 2.75) is 13.3 Å². The summed E-state index contributed by atoms with van der Waals surface area (Å²) >= 11 is 0. The fourth-order valence-corrected chi connectivity index (χ4v) is 1.95. The summed E-state index contributed by atoms with van der Waals surface area (Å²) in [7, 11) is -2.90. The Labute approximate surface area is 111 Å². The zero-order valence-corrected chi connectivity index (χ0v) is 11.6. The molecule has 1 unspecified atom stereocenters. The van der Waals surface area contributed by atoms with E-state index in [1.165, 1.54) is 0 Å². The third-order valence-corrected chi connectivity index (χ3v) is 3.29. The van der Waals surface area contributed by atoms with Crippen LogP contribution in [0.3, 0.4) is 0 Å². The molecule has 0 bridgehead atoms. The van der Waals surface area contributed by atoms with Crippen LogP contribution < -0.4 is 4.52 Å². The Kier molecular flexibility index (Phi) is 5.76. The molecule has 1 atom stereocenters. The summed E-state index contributed by atoms with van der Waals surface area (Å²) in [4.78, 5) is 15.1. The molecule has 7 heteroatoms. The minimum Gasteiger partial charge on any atom is -0.402 e. The van der Waals surface area contributed by atoms with Crippen molar-refractivity contribution in [1.82, 2.24) is 0 Å². The van der Waals surface area contributed by atoms with Gasteiger partial charge < -0.3 is 4.52 Å². The lowest BCUT2D eigenvalue weighted by Crippen LogP contribution is -2.06. The molecule has 1 aromatic rings. The lowest BCUT2D eigenvalue weighted by molar-refractivity contribution is -0.216. The number of aryl methyl sites for hydroxylation is 1. The molecule has 19 heavy (non-hydrogen) atoms. The summed E-state index contributed by atoms with van der Waals surface area (Å²) in [6.07, 6.45) is 1.53. The summed E-state index contributed by atoms with van der Waals surface area (Å²) in [5.41, 5.74) is 0.818. The number of rotatable bonds is 7. The molecule has 0 saturated heterocycles. The van der Waals surface area contributed by atoms with Crippen LogP contribution in [0.2, 0.25) is 0 Å². The number of hydrogen-bond donors (Lipinski definition) is 0. The zero-order chi connectivity index (χ0) is 14.3. The molecule has 0 aliphatic heterocycles. The van der Waals surface area contributed by atoms with E-state index in [0.29, 0.717) is 12.2 Å². The molecule has 104 valence electrons. The van der Waals surface area contributed by atoms with Crippen molar-refractivity contribution in [2.75, 3.05) is 7.11 Å². The van der Waals surface area contributed by atoms with Crippen molar-refractivity contribution in [2.24, 2.45) is 0 Å². The van der Waals surface area contributed by atoms with Crippen LogP contribution in [-0.4, -0.2) is 13.1 Å². The van der Waals surface area contributed by atoms with Crippen LogP contribution in [0.5, 0.6) is 5.75 Å². The predicted molar refractivity (Wildman–Crippen MR) is 68.4 cm³/mol. The van der Waals surface area contributed by atoms with Gasteiger partial charge in [0.2, 0.25) is 0 Å². The Hall–Kier alpha value is -1.62.